The number of hydrogen-bond donors (Lipinski definition) is 1. The molecule has 1 aliphatic heterocycles. The lowest BCUT2D eigenvalue weighted by Crippen LogP contribution is -2.41. The topological polar surface area (TPSA) is 62.5 Å². The molecule has 1 amide bonds. The minimum atomic E-state index is 0.106. The van der Waals surface area contributed by atoms with Crippen molar-refractivity contribution in [2.24, 2.45) is 11.8 Å². The number of anilines is 1. The number of aromatic nitrogens is 3. The van der Waals surface area contributed by atoms with Gasteiger partial charge in [-0.25, -0.2) is 9.50 Å². The molecule has 0 aliphatic carbocycles. The van der Waals surface area contributed by atoms with Gasteiger partial charge in [0, 0.05) is 37.9 Å². The van der Waals surface area contributed by atoms with Crippen LogP contribution in [0, 0.1) is 11.8 Å². The number of nitrogens with one attached hydrogen (secondary N) is 1. The van der Waals surface area contributed by atoms with Gasteiger partial charge in [0.1, 0.15) is 11.2 Å². The van der Waals surface area contributed by atoms with Crippen LogP contribution in [0.4, 0.5) is 5.82 Å². The maximum atomic E-state index is 12.4. The van der Waals surface area contributed by atoms with E-state index in [-0.39, 0.29) is 11.8 Å². The number of nitrogens with zero attached hydrogens (tertiary/aromatic N) is 4. The zero-order chi connectivity index (χ0) is 19.5. The van der Waals surface area contributed by atoms with Crippen LogP contribution in [0.1, 0.15) is 33.1 Å². The Morgan fingerprint density at radius 2 is 2.18 bits per heavy atom. The van der Waals surface area contributed by atoms with E-state index in [0.29, 0.717) is 5.92 Å². The molecule has 6 nitrogen and oxygen atoms in total. The van der Waals surface area contributed by atoms with Crippen molar-refractivity contribution >= 4 is 28.6 Å². The van der Waals surface area contributed by atoms with E-state index in [1.165, 1.54) is 0 Å². The summed E-state index contributed by atoms with van der Waals surface area (Å²) in [5.74, 6) is 1.88. The highest BCUT2D eigenvalue weighted by Gasteiger charge is 2.26. The Hall–Kier alpha value is -2.41. The molecule has 3 aromatic heterocycles. The van der Waals surface area contributed by atoms with E-state index in [2.05, 4.69) is 46.6 Å². The van der Waals surface area contributed by atoms with Crippen molar-refractivity contribution in [1.82, 2.24) is 19.9 Å². The molecular weight excluding hydrogens is 370 g/mol. The lowest BCUT2D eigenvalue weighted by molar-refractivity contribution is -0.125. The van der Waals surface area contributed by atoms with Crippen LogP contribution in [-0.4, -0.2) is 40.1 Å². The van der Waals surface area contributed by atoms with E-state index >= 15 is 0 Å². The Kier molecular flexibility index (Phi) is 5.62. The maximum absolute atomic E-state index is 12.4. The first-order chi connectivity index (χ1) is 13.6. The largest absolute Gasteiger partial charge is 0.356 e. The fourth-order valence-electron chi connectivity index (χ4n) is 3.68. The van der Waals surface area contributed by atoms with Gasteiger partial charge in [-0.2, -0.15) is 5.10 Å². The van der Waals surface area contributed by atoms with Gasteiger partial charge in [-0.3, -0.25) is 4.79 Å². The molecule has 3 aromatic rings. The van der Waals surface area contributed by atoms with Crippen LogP contribution in [0.3, 0.4) is 0 Å². The molecule has 4 rings (SSSR count). The Bertz CT molecular complexity index is 926. The third-order valence-corrected chi connectivity index (χ3v) is 6.22. The molecule has 0 atom stereocenters. The summed E-state index contributed by atoms with van der Waals surface area (Å²) in [6, 6.07) is 6.24. The molecule has 4 heterocycles. The van der Waals surface area contributed by atoms with Crippen LogP contribution in [-0.2, 0) is 4.79 Å². The molecule has 148 valence electrons. The SMILES string of the molecule is CC(C)CCNC(=O)C1CCN(c2nccn3nc(-c4cccs4)cc23)CC1. The zero-order valence-corrected chi connectivity index (χ0v) is 17.3. The Labute approximate surface area is 169 Å². The molecule has 0 radical (unpaired) electrons. The van der Waals surface area contributed by atoms with E-state index in [4.69, 9.17) is 5.10 Å². The van der Waals surface area contributed by atoms with Crippen LogP contribution in [0.2, 0.25) is 0 Å². The second-order valence-corrected chi connectivity index (χ2v) is 8.77. The van der Waals surface area contributed by atoms with E-state index in [1.54, 1.807) is 17.5 Å². The van der Waals surface area contributed by atoms with Gasteiger partial charge < -0.3 is 10.2 Å². The molecule has 1 aliphatic rings. The summed E-state index contributed by atoms with van der Waals surface area (Å²) in [6.07, 6.45) is 6.46. The molecule has 0 spiro atoms. The second-order valence-electron chi connectivity index (χ2n) is 7.82. The van der Waals surface area contributed by atoms with Crippen LogP contribution in [0.25, 0.3) is 16.1 Å². The maximum Gasteiger partial charge on any atom is 0.223 e. The molecule has 1 saturated heterocycles. The summed E-state index contributed by atoms with van der Waals surface area (Å²) in [5, 5.41) is 9.86. The third kappa shape index (κ3) is 4.04. The van der Waals surface area contributed by atoms with Crippen LogP contribution >= 0.6 is 11.3 Å². The molecule has 0 unspecified atom stereocenters. The second kappa shape index (κ2) is 8.31. The molecule has 1 N–H and O–H groups in total. The van der Waals surface area contributed by atoms with E-state index in [1.807, 2.05) is 16.8 Å². The van der Waals surface area contributed by atoms with Gasteiger partial charge in [-0.15, -0.1) is 11.3 Å². The number of rotatable bonds is 6. The first-order valence-electron chi connectivity index (χ1n) is 10.0. The lowest BCUT2D eigenvalue weighted by atomic mass is 9.95. The first-order valence-corrected chi connectivity index (χ1v) is 10.9. The standard InChI is InChI=1S/C21H27N5OS/c1-15(2)5-8-23-21(27)16-6-10-25(11-7-16)20-18-14-17(19-4-3-13-28-19)24-26(18)12-9-22-20/h3-4,9,12-16H,5-8,10-11H2,1-2H3,(H,23,27). The van der Waals surface area contributed by atoms with Crippen molar-refractivity contribution in [3.8, 4) is 10.6 Å². The Balaban J connectivity index is 1.43. The van der Waals surface area contributed by atoms with Crippen molar-refractivity contribution in [3.05, 3.63) is 36.0 Å². The van der Waals surface area contributed by atoms with Gasteiger partial charge in [-0.1, -0.05) is 19.9 Å². The predicted molar refractivity (Wildman–Crippen MR) is 114 cm³/mol. The summed E-state index contributed by atoms with van der Waals surface area (Å²) < 4.78 is 1.90. The Morgan fingerprint density at radius 3 is 2.89 bits per heavy atom. The summed E-state index contributed by atoms with van der Waals surface area (Å²) in [7, 11) is 0. The molecule has 0 saturated carbocycles. The average Bonchev–Trinajstić information content (AvgIpc) is 3.37. The van der Waals surface area contributed by atoms with Crippen molar-refractivity contribution < 1.29 is 4.79 Å². The molecule has 0 aromatic carbocycles. The minimum Gasteiger partial charge on any atom is -0.356 e. The number of carbonyl (C=O) groups is 1. The zero-order valence-electron chi connectivity index (χ0n) is 16.5. The number of piperidine rings is 1. The van der Waals surface area contributed by atoms with Gasteiger partial charge in [0.2, 0.25) is 5.91 Å². The highest BCUT2D eigenvalue weighted by atomic mass is 32.1. The summed E-state index contributed by atoms with van der Waals surface area (Å²) in [5.41, 5.74) is 1.99. The number of fused-ring (bicyclic) bond motifs is 1. The van der Waals surface area contributed by atoms with Gasteiger partial charge >= 0.3 is 0 Å². The van der Waals surface area contributed by atoms with Crippen LogP contribution in [0.5, 0.6) is 0 Å². The predicted octanol–water partition coefficient (Wildman–Crippen LogP) is 3.84. The van der Waals surface area contributed by atoms with Crippen molar-refractivity contribution in [2.75, 3.05) is 24.5 Å². The quantitative estimate of drug-likeness (QED) is 0.686. The van der Waals surface area contributed by atoms with E-state index < -0.39 is 0 Å². The number of carbonyl (C=O) groups excluding carboxylic acids is 1. The third-order valence-electron chi connectivity index (χ3n) is 5.33. The summed E-state index contributed by atoms with van der Waals surface area (Å²) in [4.78, 5) is 20.5. The van der Waals surface area contributed by atoms with Crippen molar-refractivity contribution in [1.29, 1.82) is 0 Å². The normalized spacial score (nSPS) is 15.5. The molecule has 28 heavy (non-hydrogen) atoms. The van der Waals surface area contributed by atoms with Gasteiger partial charge in [-0.05, 0) is 42.7 Å². The number of amides is 1. The van der Waals surface area contributed by atoms with Gasteiger partial charge in [0.05, 0.1) is 4.88 Å². The lowest BCUT2D eigenvalue weighted by Gasteiger charge is -2.32. The highest BCUT2D eigenvalue weighted by molar-refractivity contribution is 7.13. The summed E-state index contributed by atoms with van der Waals surface area (Å²) >= 11 is 1.69. The number of thiophene rings is 1. The van der Waals surface area contributed by atoms with E-state index in [9.17, 15) is 4.79 Å². The number of hydrogen-bond acceptors (Lipinski definition) is 5. The fraction of sp³-hybridized carbons (Fsp3) is 0.476. The van der Waals surface area contributed by atoms with Crippen LogP contribution < -0.4 is 10.2 Å². The monoisotopic (exact) mass is 397 g/mol. The molecule has 7 heteroatoms. The van der Waals surface area contributed by atoms with Gasteiger partial charge in [0.25, 0.3) is 0 Å². The summed E-state index contributed by atoms with van der Waals surface area (Å²) in [6.45, 7) is 6.82. The average molecular weight is 398 g/mol. The first kappa shape index (κ1) is 18.9. The molecular formula is C21H27N5OS. The highest BCUT2D eigenvalue weighted by Crippen LogP contribution is 2.29. The van der Waals surface area contributed by atoms with Crippen molar-refractivity contribution in [3.63, 3.8) is 0 Å². The van der Waals surface area contributed by atoms with E-state index in [0.717, 1.165) is 60.8 Å². The fourth-order valence-corrected chi connectivity index (χ4v) is 4.36. The molecule has 1 fully saturated rings. The minimum absolute atomic E-state index is 0.106. The Morgan fingerprint density at radius 1 is 1.36 bits per heavy atom. The van der Waals surface area contributed by atoms with Gasteiger partial charge in [0.15, 0.2) is 5.82 Å². The van der Waals surface area contributed by atoms with Crippen LogP contribution in [0.15, 0.2) is 36.0 Å². The molecule has 0 bridgehead atoms. The smallest absolute Gasteiger partial charge is 0.223 e. The van der Waals surface area contributed by atoms with Crippen molar-refractivity contribution in [2.45, 2.75) is 33.1 Å².